The van der Waals surface area contributed by atoms with Crippen LogP contribution in [0.2, 0.25) is 0 Å². The highest BCUT2D eigenvalue weighted by Gasteiger charge is 2.29. The SMILES string of the molecule is O=C(N[C@H]1CCOc2c(Br)cccc21)[C@H]1CCCO1. The number of carbonyl (C=O) groups is 1. The number of hydrogen-bond acceptors (Lipinski definition) is 3. The van der Waals surface area contributed by atoms with E-state index in [0.717, 1.165) is 35.0 Å². The minimum absolute atomic E-state index is 0.00433. The summed E-state index contributed by atoms with van der Waals surface area (Å²) in [6, 6.07) is 5.92. The lowest BCUT2D eigenvalue weighted by atomic mass is 10.00. The summed E-state index contributed by atoms with van der Waals surface area (Å²) in [7, 11) is 0. The third-order valence-electron chi connectivity index (χ3n) is 3.56. The van der Waals surface area contributed by atoms with Crippen LogP contribution in [0, 0.1) is 0 Å². The molecule has 0 unspecified atom stereocenters. The number of carbonyl (C=O) groups excluding carboxylic acids is 1. The van der Waals surface area contributed by atoms with Crippen molar-refractivity contribution in [3.63, 3.8) is 0 Å². The number of ether oxygens (including phenoxy) is 2. The van der Waals surface area contributed by atoms with E-state index in [1.165, 1.54) is 0 Å². The molecule has 1 saturated heterocycles. The van der Waals surface area contributed by atoms with Crippen molar-refractivity contribution in [3.8, 4) is 5.75 Å². The highest BCUT2D eigenvalue weighted by Crippen LogP contribution is 2.37. The van der Waals surface area contributed by atoms with Gasteiger partial charge in [-0.3, -0.25) is 4.79 Å². The Kier molecular flexibility index (Phi) is 3.75. The molecule has 2 aliphatic rings. The van der Waals surface area contributed by atoms with E-state index in [9.17, 15) is 4.79 Å². The van der Waals surface area contributed by atoms with Crippen molar-refractivity contribution in [2.75, 3.05) is 13.2 Å². The Balaban J connectivity index is 1.76. The lowest BCUT2D eigenvalue weighted by Crippen LogP contribution is -2.38. The summed E-state index contributed by atoms with van der Waals surface area (Å²) in [5.74, 6) is 0.835. The zero-order valence-electron chi connectivity index (χ0n) is 10.5. The molecule has 102 valence electrons. The van der Waals surface area contributed by atoms with Gasteiger partial charge in [0.25, 0.3) is 0 Å². The highest BCUT2D eigenvalue weighted by molar-refractivity contribution is 9.10. The Hall–Kier alpha value is -1.07. The zero-order chi connectivity index (χ0) is 13.2. The first-order valence-electron chi connectivity index (χ1n) is 6.59. The van der Waals surface area contributed by atoms with Crippen molar-refractivity contribution in [1.82, 2.24) is 5.32 Å². The maximum atomic E-state index is 12.1. The van der Waals surface area contributed by atoms with Gasteiger partial charge in [0.05, 0.1) is 17.1 Å². The van der Waals surface area contributed by atoms with Crippen molar-refractivity contribution in [3.05, 3.63) is 28.2 Å². The maximum Gasteiger partial charge on any atom is 0.249 e. The number of halogens is 1. The monoisotopic (exact) mass is 325 g/mol. The molecule has 1 aromatic rings. The van der Waals surface area contributed by atoms with Gasteiger partial charge < -0.3 is 14.8 Å². The third-order valence-corrected chi connectivity index (χ3v) is 4.19. The van der Waals surface area contributed by atoms with Gasteiger partial charge in [-0.05, 0) is 34.8 Å². The van der Waals surface area contributed by atoms with Gasteiger partial charge in [-0.2, -0.15) is 0 Å². The van der Waals surface area contributed by atoms with Crippen LogP contribution in [0.5, 0.6) is 5.75 Å². The molecule has 2 heterocycles. The van der Waals surface area contributed by atoms with E-state index in [1.54, 1.807) is 0 Å². The van der Waals surface area contributed by atoms with E-state index in [1.807, 2.05) is 18.2 Å². The molecule has 1 fully saturated rings. The molecule has 1 aromatic carbocycles. The maximum absolute atomic E-state index is 12.1. The Bertz CT molecular complexity index is 486. The zero-order valence-corrected chi connectivity index (χ0v) is 12.1. The second-order valence-corrected chi connectivity index (χ2v) is 5.71. The molecular formula is C14H16BrNO3. The summed E-state index contributed by atoms with van der Waals surface area (Å²) in [5.41, 5.74) is 1.03. The van der Waals surface area contributed by atoms with Crippen LogP contribution in [0.25, 0.3) is 0 Å². The predicted molar refractivity (Wildman–Crippen MR) is 74.1 cm³/mol. The summed E-state index contributed by atoms with van der Waals surface area (Å²) in [6.45, 7) is 1.31. The molecule has 4 nitrogen and oxygen atoms in total. The second kappa shape index (κ2) is 5.51. The largest absolute Gasteiger partial charge is 0.492 e. The van der Waals surface area contributed by atoms with Crippen LogP contribution >= 0.6 is 15.9 Å². The fourth-order valence-corrected chi connectivity index (χ4v) is 3.08. The Morgan fingerprint density at radius 3 is 3.00 bits per heavy atom. The standard InChI is InChI=1S/C14H16BrNO3/c15-10-4-1-3-9-11(6-8-19-13(9)10)16-14(17)12-5-2-7-18-12/h1,3-4,11-12H,2,5-8H2,(H,16,17)/t11-,12+/m0/s1. The van der Waals surface area contributed by atoms with Crippen LogP contribution in [0.3, 0.4) is 0 Å². The predicted octanol–water partition coefficient (Wildman–Crippen LogP) is 2.57. The number of amides is 1. The number of hydrogen-bond donors (Lipinski definition) is 1. The van der Waals surface area contributed by atoms with Crippen molar-refractivity contribution >= 4 is 21.8 Å². The van der Waals surface area contributed by atoms with Crippen molar-refractivity contribution < 1.29 is 14.3 Å². The normalized spacial score (nSPS) is 25.5. The second-order valence-electron chi connectivity index (χ2n) is 4.86. The fourth-order valence-electron chi connectivity index (χ4n) is 2.59. The first-order valence-corrected chi connectivity index (χ1v) is 7.38. The molecular weight excluding hydrogens is 310 g/mol. The van der Waals surface area contributed by atoms with Gasteiger partial charge in [-0.1, -0.05) is 12.1 Å². The lowest BCUT2D eigenvalue weighted by molar-refractivity contribution is -0.131. The molecule has 2 atom stereocenters. The number of benzene rings is 1. The summed E-state index contributed by atoms with van der Waals surface area (Å²) in [4.78, 5) is 12.1. The molecule has 0 radical (unpaired) electrons. The molecule has 5 heteroatoms. The molecule has 0 aliphatic carbocycles. The number of fused-ring (bicyclic) bond motifs is 1. The average Bonchev–Trinajstić information content (AvgIpc) is 2.94. The molecule has 3 rings (SSSR count). The van der Waals surface area contributed by atoms with Gasteiger partial charge in [0.2, 0.25) is 5.91 Å². The summed E-state index contributed by atoms with van der Waals surface area (Å²) < 4.78 is 12.0. The highest BCUT2D eigenvalue weighted by atomic mass is 79.9. The van der Waals surface area contributed by atoms with Gasteiger partial charge in [0.15, 0.2) is 0 Å². The molecule has 0 bridgehead atoms. The quantitative estimate of drug-likeness (QED) is 0.909. The number of nitrogens with one attached hydrogen (secondary N) is 1. The van der Waals surface area contributed by atoms with Gasteiger partial charge >= 0.3 is 0 Å². The van der Waals surface area contributed by atoms with Gasteiger partial charge in [-0.15, -0.1) is 0 Å². The molecule has 19 heavy (non-hydrogen) atoms. The van der Waals surface area contributed by atoms with E-state index in [2.05, 4.69) is 21.2 Å². The van der Waals surface area contributed by atoms with E-state index >= 15 is 0 Å². The van der Waals surface area contributed by atoms with Crippen LogP contribution in [-0.4, -0.2) is 25.2 Å². The topological polar surface area (TPSA) is 47.6 Å². The van der Waals surface area contributed by atoms with Crippen molar-refractivity contribution in [1.29, 1.82) is 0 Å². The van der Waals surface area contributed by atoms with E-state index in [-0.39, 0.29) is 18.1 Å². The molecule has 0 saturated carbocycles. The Labute approximate surface area is 120 Å². The van der Waals surface area contributed by atoms with E-state index in [4.69, 9.17) is 9.47 Å². The molecule has 0 aromatic heterocycles. The van der Waals surface area contributed by atoms with Gasteiger partial charge in [0.1, 0.15) is 11.9 Å². The first-order chi connectivity index (χ1) is 9.25. The van der Waals surface area contributed by atoms with E-state index in [0.29, 0.717) is 13.2 Å². The Morgan fingerprint density at radius 2 is 2.21 bits per heavy atom. The van der Waals surface area contributed by atoms with Crippen LogP contribution in [-0.2, 0) is 9.53 Å². The molecule has 2 aliphatic heterocycles. The van der Waals surface area contributed by atoms with E-state index < -0.39 is 0 Å². The summed E-state index contributed by atoms with van der Waals surface area (Å²) in [6.07, 6.45) is 2.30. The first kappa shape index (κ1) is 12.9. The molecule has 1 N–H and O–H groups in total. The smallest absolute Gasteiger partial charge is 0.249 e. The van der Waals surface area contributed by atoms with Gasteiger partial charge in [0, 0.05) is 18.6 Å². The van der Waals surface area contributed by atoms with Gasteiger partial charge in [-0.25, -0.2) is 0 Å². The number of para-hydroxylation sites is 1. The Morgan fingerprint density at radius 1 is 1.32 bits per heavy atom. The lowest BCUT2D eigenvalue weighted by Gasteiger charge is -2.28. The average molecular weight is 326 g/mol. The van der Waals surface area contributed by atoms with Crippen LogP contribution in [0.15, 0.2) is 22.7 Å². The number of rotatable bonds is 2. The minimum atomic E-state index is -0.279. The van der Waals surface area contributed by atoms with Crippen LogP contribution < -0.4 is 10.1 Å². The molecule has 0 spiro atoms. The third kappa shape index (κ3) is 2.62. The molecule has 1 amide bonds. The van der Waals surface area contributed by atoms with Crippen LogP contribution in [0.4, 0.5) is 0 Å². The van der Waals surface area contributed by atoms with Crippen LogP contribution in [0.1, 0.15) is 30.9 Å². The van der Waals surface area contributed by atoms with Crippen molar-refractivity contribution in [2.24, 2.45) is 0 Å². The summed E-state index contributed by atoms with van der Waals surface area (Å²) >= 11 is 3.48. The van der Waals surface area contributed by atoms with Crippen molar-refractivity contribution in [2.45, 2.75) is 31.4 Å². The summed E-state index contributed by atoms with van der Waals surface area (Å²) in [5, 5.41) is 3.08. The minimum Gasteiger partial charge on any atom is -0.492 e. The fraction of sp³-hybridized carbons (Fsp3) is 0.500.